The number of aromatic nitrogens is 2. The van der Waals surface area contributed by atoms with E-state index in [0.717, 1.165) is 10.5 Å². The molecule has 2 aromatic rings. The molecule has 0 fully saturated rings. The minimum atomic E-state index is -0.397. The second kappa shape index (κ2) is 5.95. The molecule has 4 nitrogen and oxygen atoms in total. The maximum Gasteiger partial charge on any atom is 0.270 e. The van der Waals surface area contributed by atoms with Crippen molar-refractivity contribution in [2.45, 2.75) is 10.1 Å². The van der Waals surface area contributed by atoms with Crippen molar-refractivity contribution in [2.24, 2.45) is 0 Å². The fourth-order valence-electron chi connectivity index (χ4n) is 1.61. The van der Waals surface area contributed by atoms with Crippen molar-refractivity contribution in [3.8, 4) is 17.3 Å². The molecule has 96 valence electrons. The number of aromatic amines is 1. The molecule has 0 saturated carbocycles. The summed E-state index contributed by atoms with van der Waals surface area (Å²) in [4.78, 5) is 19.8. The molecule has 0 unspecified atom stereocenters. The number of H-pyrrole nitrogens is 1. The average molecular weight is 289 g/mol. The Labute approximate surface area is 119 Å². The molecule has 1 heterocycles. The Hall–Kier alpha value is -1.71. The van der Waals surface area contributed by atoms with Gasteiger partial charge in [-0.2, -0.15) is 5.26 Å². The average Bonchev–Trinajstić information content (AvgIpc) is 2.46. The molecule has 6 heteroatoms. The Balaban J connectivity index is 2.62. The third kappa shape index (κ3) is 2.83. The second-order valence-corrected chi connectivity index (χ2v) is 5.31. The summed E-state index contributed by atoms with van der Waals surface area (Å²) in [6.07, 6.45) is 3.82. The van der Waals surface area contributed by atoms with Crippen molar-refractivity contribution in [3.05, 3.63) is 40.2 Å². The van der Waals surface area contributed by atoms with Crippen LogP contribution < -0.4 is 5.56 Å². The van der Waals surface area contributed by atoms with Gasteiger partial charge in [0.05, 0.1) is 5.69 Å². The third-order valence-electron chi connectivity index (χ3n) is 2.57. The van der Waals surface area contributed by atoms with Crippen LogP contribution in [0.15, 0.2) is 39.1 Å². The van der Waals surface area contributed by atoms with E-state index in [-0.39, 0.29) is 5.56 Å². The van der Waals surface area contributed by atoms with Crippen LogP contribution in [-0.2, 0) is 0 Å². The Kier molecular flexibility index (Phi) is 4.30. The van der Waals surface area contributed by atoms with Gasteiger partial charge < -0.3 is 4.98 Å². The highest BCUT2D eigenvalue weighted by Gasteiger charge is 2.12. The number of nitriles is 1. The van der Waals surface area contributed by atoms with Gasteiger partial charge in [0.25, 0.3) is 5.56 Å². The fraction of sp³-hybridized carbons (Fsp3) is 0.154. The summed E-state index contributed by atoms with van der Waals surface area (Å²) >= 11 is 2.97. The van der Waals surface area contributed by atoms with Crippen LogP contribution in [0, 0.1) is 11.3 Å². The number of hydrogen-bond donors (Lipinski definition) is 1. The number of benzene rings is 1. The molecule has 0 aliphatic carbocycles. The fourth-order valence-corrected chi connectivity index (χ4v) is 2.40. The monoisotopic (exact) mass is 289 g/mol. The zero-order valence-electron chi connectivity index (χ0n) is 10.4. The van der Waals surface area contributed by atoms with Crippen LogP contribution in [0.4, 0.5) is 0 Å². The summed E-state index contributed by atoms with van der Waals surface area (Å²) in [6, 6.07) is 9.56. The van der Waals surface area contributed by atoms with Gasteiger partial charge in [-0.15, -0.1) is 11.8 Å². The van der Waals surface area contributed by atoms with E-state index in [4.69, 9.17) is 5.26 Å². The highest BCUT2D eigenvalue weighted by atomic mass is 32.2. The van der Waals surface area contributed by atoms with Gasteiger partial charge >= 0.3 is 0 Å². The standard InChI is InChI=1S/C13H11N3OS2/c1-18-9-5-3-8(4-6-9)11-10(7-14)12(17)16-13(15-11)19-2/h3-6H,1-2H3,(H,15,16,17). The van der Waals surface area contributed by atoms with E-state index >= 15 is 0 Å². The molecule has 1 N–H and O–H groups in total. The first-order valence-corrected chi connectivity index (χ1v) is 7.87. The molecule has 0 aliphatic rings. The van der Waals surface area contributed by atoms with E-state index in [9.17, 15) is 4.79 Å². The highest BCUT2D eigenvalue weighted by molar-refractivity contribution is 7.98. The number of nitrogens with zero attached hydrogens (tertiary/aromatic N) is 2. The van der Waals surface area contributed by atoms with Gasteiger partial charge in [0.15, 0.2) is 5.16 Å². The summed E-state index contributed by atoms with van der Waals surface area (Å²) in [6.45, 7) is 0. The van der Waals surface area contributed by atoms with Crippen LogP contribution in [0.2, 0.25) is 0 Å². The lowest BCUT2D eigenvalue weighted by Gasteiger charge is -2.05. The highest BCUT2D eigenvalue weighted by Crippen LogP contribution is 2.24. The van der Waals surface area contributed by atoms with Crippen molar-refractivity contribution in [3.63, 3.8) is 0 Å². The smallest absolute Gasteiger partial charge is 0.270 e. The minimum Gasteiger partial charge on any atom is -0.300 e. The van der Waals surface area contributed by atoms with Gasteiger partial charge in [0, 0.05) is 10.5 Å². The van der Waals surface area contributed by atoms with Gasteiger partial charge in [0.1, 0.15) is 11.6 Å². The summed E-state index contributed by atoms with van der Waals surface area (Å²) < 4.78 is 0. The van der Waals surface area contributed by atoms with E-state index in [1.807, 2.05) is 42.8 Å². The lowest BCUT2D eigenvalue weighted by molar-refractivity contribution is 0.937. The molecular weight excluding hydrogens is 278 g/mol. The molecule has 0 aliphatic heterocycles. The quantitative estimate of drug-likeness (QED) is 0.695. The topological polar surface area (TPSA) is 69.5 Å². The van der Waals surface area contributed by atoms with Crippen molar-refractivity contribution >= 4 is 23.5 Å². The zero-order chi connectivity index (χ0) is 13.8. The molecule has 0 radical (unpaired) electrons. The summed E-state index contributed by atoms with van der Waals surface area (Å²) in [5.74, 6) is 0. The summed E-state index contributed by atoms with van der Waals surface area (Å²) in [5, 5.41) is 9.61. The molecule has 2 rings (SSSR count). The first-order valence-electron chi connectivity index (χ1n) is 5.42. The summed E-state index contributed by atoms with van der Waals surface area (Å²) in [5.41, 5.74) is 0.861. The van der Waals surface area contributed by atoms with E-state index in [0.29, 0.717) is 10.9 Å². The van der Waals surface area contributed by atoms with Crippen molar-refractivity contribution in [1.82, 2.24) is 9.97 Å². The molecule has 0 atom stereocenters. The maximum atomic E-state index is 11.8. The Morgan fingerprint density at radius 2 is 1.89 bits per heavy atom. The number of nitrogens with one attached hydrogen (secondary N) is 1. The molecule has 19 heavy (non-hydrogen) atoms. The van der Waals surface area contributed by atoms with Crippen LogP contribution in [0.3, 0.4) is 0 Å². The molecule has 0 spiro atoms. The van der Waals surface area contributed by atoms with Crippen molar-refractivity contribution < 1.29 is 0 Å². The van der Waals surface area contributed by atoms with Gasteiger partial charge in [-0.1, -0.05) is 23.9 Å². The van der Waals surface area contributed by atoms with E-state index in [1.165, 1.54) is 11.8 Å². The van der Waals surface area contributed by atoms with Gasteiger partial charge in [-0.25, -0.2) is 4.98 Å². The predicted octanol–water partition coefficient (Wildman–Crippen LogP) is 2.75. The molecule has 1 aromatic heterocycles. The van der Waals surface area contributed by atoms with E-state index in [1.54, 1.807) is 11.8 Å². The van der Waals surface area contributed by atoms with Gasteiger partial charge in [-0.05, 0) is 24.6 Å². The zero-order valence-corrected chi connectivity index (χ0v) is 12.1. The predicted molar refractivity (Wildman–Crippen MR) is 78.6 cm³/mol. The summed E-state index contributed by atoms with van der Waals surface area (Å²) in [7, 11) is 0. The number of thioether (sulfide) groups is 2. The molecule has 1 aromatic carbocycles. The first kappa shape index (κ1) is 13.7. The molecular formula is C13H11N3OS2. The third-order valence-corrected chi connectivity index (χ3v) is 3.89. The normalized spacial score (nSPS) is 10.2. The maximum absolute atomic E-state index is 11.8. The number of hydrogen-bond acceptors (Lipinski definition) is 5. The van der Waals surface area contributed by atoms with Crippen molar-refractivity contribution in [1.29, 1.82) is 5.26 Å². The molecule has 0 saturated heterocycles. The van der Waals surface area contributed by atoms with Crippen LogP contribution in [0.1, 0.15) is 5.56 Å². The van der Waals surface area contributed by atoms with E-state index < -0.39 is 5.56 Å². The first-order chi connectivity index (χ1) is 9.19. The second-order valence-electron chi connectivity index (χ2n) is 3.64. The Morgan fingerprint density at radius 3 is 2.42 bits per heavy atom. The van der Waals surface area contributed by atoms with Crippen LogP contribution in [-0.4, -0.2) is 22.5 Å². The van der Waals surface area contributed by atoms with Crippen LogP contribution in [0.5, 0.6) is 0 Å². The lowest BCUT2D eigenvalue weighted by atomic mass is 10.1. The SMILES string of the molecule is CSc1ccc(-c2nc(SC)[nH]c(=O)c2C#N)cc1. The molecule has 0 amide bonds. The Bertz CT molecular complexity index is 687. The number of rotatable bonds is 3. The van der Waals surface area contributed by atoms with E-state index in [2.05, 4.69) is 9.97 Å². The minimum absolute atomic E-state index is 0.0506. The van der Waals surface area contributed by atoms with Crippen molar-refractivity contribution in [2.75, 3.05) is 12.5 Å². The lowest BCUT2D eigenvalue weighted by Crippen LogP contribution is -2.14. The largest absolute Gasteiger partial charge is 0.300 e. The van der Waals surface area contributed by atoms with Crippen LogP contribution >= 0.6 is 23.5 Å². The van der Waals surface area contributed by atoms with Crippen LogP contribution in [0.25, 0.3) is 11.3 Å². The van der Waals surface area contributed by atoms with Gasteiger partial charge in [0.2, 0.25) is 0 Å². The Morgan fingerprint density at radius 1 is 1.21 bits per heavy atom. The molecule has 0 bridgehead atoms. The van der Waals surface area contributed by atoms with Gasteiger partial charge in [-0.3, -0.25) is 4.79 Å².